The van der Waals surface area contributed by atoms with Crippen molar-refractivity contribution in [2.75, 3.05) is 20.2 Å². The molecule has 2 heterocycles. The fourth-order valence-corrected chi connectivity index (χ4v) is 4.00. The molecule has 0 radical (unpaired) electrons. The first-order valence-corrected chi connectivity index (χ1v) is 8.21. The van der Waals surface area contributed by atoms with Gasteiger partial charge in [0.2, 0.25) is 0 Å². The van der Waals surface area contributed by atoms with E-state index in [0.717, 1.165) is 37.3 Å². The zero-order valence-electron chi connectivity index (χ0n) is 13.3. The van der Waals surface area contributed by atoms with Crippen LogP contribution in [0.4, 0.5) is 0 Å². The zero-order chi connectivity index (χ0) is 15.0. The van der Waals surface area contributed by atoms with E-state index in [2.05, 4.69) is 24.8 Å². The summed E-state index contributed by atoms with van der Waals surface area (Å²) >= 11 is 1.76. The Morgan fingerprint density at radius 2 is 2.23 bits per heavy atom. The Bertz CT molecular complexity index is 643. The van der Waals surface area contributed by atoms with E-state index in [0.29, 0.717) is 6.04 Å². The summed E-state index contributed by atoms with van der Waals surface area (Å²) < 4.78 is 6.47. The Hall–Kier alpha value is -0.880. The predicted molar refractivity (Wildman–Crippen MR) is 95.1 cm³/mol. The van der Waals surface area contributed by atoms with Crippen LogP contribution in [0.1, 0.15) is 25.3 Å². The second-order valence-corrected chi connectivity index (χ2v) is 7.65. The number of nitrogens with zero attached hydrogens (tertiary/aromatic N) is 2. The van der Waals surface area contributed by atoms with Gasteiger partial charge in [-0.25, -0.2) is 4.98 Å². The molecule has 1 aliphatic heterocycles. The quantitative estimate of drug-likeness (QED) is 0.930. The highest BCUT2D eigenvalue weighted by Crippen LogP contribution is 2.31. The maximum absolute atomic E-state index is 6.21. The summed E-state index contributed by atoms with van der Waals surface area (Å²) in [4.78, 5) is 7.21. The number of hydrogen-bond acceptors (Lipinski definition) is 5. The van der Waals surface area contributed by atoms with Gasteiger partial charge >= 0.3 is 0 Å². The number of thiazole rings is 1. The lowest BCUT2D eigenvalue weighted by Crippen LogP contribution is -2.52. The van der Waals surface area contributed by atoms with Crippen LogP contribution in [0.2, 0.25) is 0 Å². The molecule has 1 unspecified atom stereocenters. The van der Waals surface area contributed by atoms with E-state index in [4.69, 9.17) is 15.5 Å². The fraction of sp³-hybridized carbons (Fsp3) is 0.562. The third-order valence-corrected chi connectivity index (χ3v) is 5.39. The Balaban J connectivity index is 0.00000176. The molecular formula is C16H24ClN3OS. The number of piperidine rings is 1. The molecular weight excluding hydrogens is 318 g/mol. The number of nitrogens with two attached hydrogens (primary N) is 1. The molecule has 6 heteroatoms. The van der Waals surface area contributed by atoms with Crippen molar-refractivity contribution in [2.24, 2.45) is 11.1 Å². The van der Waals surface area contributed by atoms with E-state index in [1.54, 1.807) is 18.4 Å². The molecule has 0 aliphatic carbocycles. The lowest BCUT2D eigenvalue weighted by molar-refractivity contribution is 0.0899. The first kappa shape index (κ1) is 17.5. The molecule has 2 N–H and O–H groups in total. The Morgan fingerprint density at radius 1 is 1.45 bits per heavy atom. The largest absolute Gasteiger partial charge is 0.497 e. The van der Waals surface area contributed by atoms with Crippen LogP contribution < -0.4 is 10.5 Å². The molecule has 0 amide bonds. The summed E-state index contributed by atoms with van der Waals surface area (Å²) in [6.45, 7) is 7.52. The number of hydrogen-bond donors (Lipinski definition) is 1. The number of aromatic nitrogens is 1. The normalized spacial score (nSPS) is 21.5. The van der Waals surface area contributed by atoms with Crippen LogP contribution in [-0.2, 0) is 6.54 Å². The van der Waals surface area contributed by atoms with E-state index in [1.807, 2.05) is 12.1 Å². The van der Waals surface area contributed by atoms with Crippen LogP contribution >= 0.6 is 23.7 Å². The molecule has 2 aromatic rings. The first-order chi connectivity index (χ1) is 9.98. The molecule has 3 rings (SSSR count). The Morgan fingerprint density at radius 3 is 2.91 bits per heavy atom. The van der Waals surface area contributed by atoms with Crippen LogP contribution in [0.15, 0.2) is 18.2 Å². The molecule has 1 fully saturated rings. The van der Waals surface area contributed by atoms with Gasteiger partial charge in [-0.1, -0.05) is 13.8 Å². The molecule has 4 nitrogen and oxygen atoms in total. The molecule has 0 bridgehead atoms. The molecule has 1 aromatic heterocycles. The summed E-state index contributed by atoms with van der Waals surface area (Å²) in [5.74, 6) is 0.891. The van der Waals surface area contributed by atoms with Crippen molar-refractivity contribution in [1.29, 1.82) is 0 Å². The standard InChI is InChI=1S/C16H23N3OS.ClH/c1-16(2)10-19(7-6-14(16)17)9-15-18-12-5-4-11(20-3)8-13(12)21-15;/h4-5,8,14H,6-7,9-10,17H2,1-3H3;1H. The van der Waals surface area contributed by atoms with Crippen molar-refractivity contribution in [3.05, 3.63) is 23.2 Å². The van der Waals surface area contributed by atoms with Gasteiger partial charge in [-0.3, -0.25) is 4.90 Å². The highest BCUT2D eigenvalue weighted by atomic mass is 35.5. The summed E-state index contributed by atoms with van der Waals surface area (Å²) in [7, 11) is 1.70. The van der Waals surface area contributed by atoms with Gasteiger partial charge in [-0.05, 0) is 30.0 Å². The van der Waals surface area contributed by atoms with Crippen molar-refractivity contribution < 1.29 is 4.74 Å². The van der Waals surface area contributed by atoms with Gasteiger partial charge in [0.1, 0.15) is 10.8 Å². The Labute approximate surface area is 142 Å². The molecule has 122 valence electrons. The molecule has 1 aromatic carbocycles. The molecule has 0 spiro atoms. The molecule has 1 aliphatic rings. The van der Waals surface area contributed by atoms with Crippen molar-refractivity contribution >= 4 is 34.0 Å². The summed E-state index contributed by atoms with van der Waals surface area (Å²) in [5.41, 5.74) is 7.45. The number of halogens is 1. The van der Waals surface area contributed by atoms with Crippen molar-refractivity contribution in [3.8, 4) is 5.75 Å². The number of benzene rings is 1. The van der Waals surface area contributed by atoms with Gasteiger partial charge in [-0.15, -0.1) is 23.7 Å². The van der Waals surface area contributed by atoms with Crippen molar-refractivity contribution in [1.82, 2.24) is 9.88 Å². The van der Waals surface area contributed by atoms with E-state index < -0.39 is 0 Å². The summed E-state index contributed by atoms with van der Waals surface area (Å²) in [6, 6.07) is 6.36. The zero-order valence-corrected chi connectivity index (χ0v) is 15.0. The van der Waals surface area contributed by atoms with Crippen LogP contribution in [0, 0.1) is 5.41 Å². The lowest BCUT2D eigenvalue weighted by atomic mass is 9.80. The van der Waals surface area contributed by atoms with Gasteiger partial charge in [-0.2, -0.15) is 0 Å². The lowest BCUT2D eigenvalue weighted by Gasteiger charge is -2.42. The van der Waals surface area contributed by atoms with E-state index >= 15 is 0 Å². The highest BCUT2D eigenvalue weighted by Gasteiger charge is 2.33. The topological polar surface area (TPSA) is 51.4 Å². The van der Waals surface area contributed by atoms with Gasteiger partial charge in [0.05, 0.1) is 23.9 Å². The minimum absolute atomic E-state index is 0. The van der Waals surface area contributed by atoms with Crippen LogP contribution in [0.3, 0.4) is 0 Å². The average molecular weight is 342 g/mol. The summed E-state index contributed by atoms with van der Waals surface area (Å²) in [6.07, 6.45) is 1.06. The number of fused-ring (bicyclic) bond motifs is 1. The first-order valence-electron chi connectivity index (χ1n) is 7.39. The number of methoxy groups -OCH3 is 1. The second kappa shape index (κ2) is 6.71. The SMILES string of the molecule is COc1ccc2nc(CN3CCC(N)C(C)(C)C3)sc2c1.Cl. The maximum atomic E-state index is 6.21. The van der Waals surface area contributed by atoms with Crippen molar-refractivity contribution in [2.45, 2.75) is 32.9 Å². The average Bonchev–Trinajstić information content (AvgIpc) is 2.83. The molecule has 0 saturated carbocycles. The maximum Gasteiger partial charge on any atom is 0.120 e. The van der Waals surface area contributed by atoms with E-state index in [1.165, 1.54) is 9.71 Å². The van der Waals surface area contributed by atoms with Crippen LogP contribution in [0.5, 0.6) is 5.75 Å². The van der Waals surface area contributed by atoms with Gasteiger partial charge < -0.3 is 10.5 Å². The molecule has 22 heavy (non-hydrogen) atoms. The van der Waals surface area contributed by atoms with Crippen molar-refractivity contribution in [3.63, 3.8) is 0 Å². The second-order valence-electron chi connectivity index (χ2n) is 6.54. The smallest absolute Gasteiger partial charge is 0.120 e. The van der Waals surface area contributed by atoms with Crippen LogP contribution in [-0.4, -0.2) is 36.1 Å². The highest BCUT2D eigenvalue weighted by molar-refractivity contribution is 7.18. The van der Waals surface area contributed by atoms with Gasteiger partial charge in [0.25, 0.3) is 0 Å². The van der Waals surface area contributed by atoms with E-state index in [-0.39, 0.29) is 17.8 Å². The Kier molecular flexibility index (Phi) is 5.33. The number of ether oxygens (including phenoxy) is 1. The third kappa shape index (κ3) is 3.54. The molecule has 1 saturated heterocycles. The number of likely N-dealkylation sites (tertiary alicyclic amines) is 1. The van der Waals surface area contributed by atoms with Gasteiger partial charge in [0, 0.05) is 19.1 Å². The minimum atomic E-state index is 0. The number of rotatable bonds is 3. The molecule has 1 atom stereocenters. The predicted octanol–water partition coefficient (Wildman–Crippen LogP) is 3.29. The third-order valence-electron chi connectivity index (χ3n) is 4.39. The van der Waals surface area contributed by atoms with Gasteiger partial charge in [0.15, 0.2) is 0 Å². The monoisotopic (exact) mass is 341 g/mol. The van der Waals surface area contributed by atoms with Crippen LogP contribution in [0.25, 0.3) is 10.2 Å². The van der Waals surface area contributed by atoms with E-state index in [9.17, 15) is 0 Å². The minimum Gasteiger partial charge on any atom is -0.497 e. The fourth-order valence-electron chi connectivity index (χ4n) is 2.96. The summed E-state index contributed by atoms with van der Waals surface area (Å²) in [5, 5.41) is 1.17.